The lowest BCUT2D eigenvalue weighted by Crippen LogP contribution is -2.21. The summed E-state index contributed by atoms with van der Waals surface area (Å²) in [7, 11) is 2.54. The van der Waals surface area contributed by atoms with Gasteiger partial charge < -0.3 is 9.22 Å². The molecule has 0 atom stereocenters. The topological polar surface area (TPSA) is 77.7 Å². The van der Waals surface area contributed by atoms with Gasteiger partial charge in [-0.15, -0.1) is 0 Å². The minimum absolute atomic E-state index is 0.128. The summed E-state index contributed by atoms with van der Waals surface area (Å²) in [6.45, 7) is 0. The largest absolute Gasteiger partial charge is 0.411 e. The summed E-state index contributed by atoms with van der Waals surface area (Å²) in [6.07, 6.45) is 0. The van der Waals surface area contributed by atoms with Gasteiger partial charge in [-0.2, -0.15) is 4.98 Å². The molecule has 0 saturated heterocycles. The number of rotatable bonds is 1. The van der Waals surface area contributed by atoms with Crippen LogP contribution in [0.25, 0.3) is 11.2 Å². The first-order valence-electron chi connectivity index (χ1n) is 4.22. The number of aromatic amines is 2. The SMILES string of the molecule is O=c1[nH]c(N([SiH3])[SiH3])nc2nc([SiH3])[nH]c12. The van der Waals surface area contributed by atoms with Crippen molar-refractivity contribution in [3.05, 3.63) is 10.4 Å². The molecule has 14 heavy (non-hydrogen) atoms. The van der Waals surface area contributed by atoms with Crippen molar-refractivity contribution in [3.63, 3.8) is 0 Å². The van der Waals surface area contributed by atoms with Crippen molar-refractivity contribution in [2.45, 2.75) is 0 Å². The second-order valence-electron chi connectivity index (χ2n) is 3.30. The van der Waals surface area contributed by atoms with Crippen LogP contribution >= 0.6 is 0 Å². The van der Waals surface area contributed by atoms with Gasteiger partial charge in [-0.3, -0.25) is 9.78 Å². The van der Waals surface area contributed by atoms with E-state index in [4.69, 9.17) is 0 Å². The Morgan fingerprint density at radius 1 is 1.21 bits per heavy atom. The molecule has 2 aromatic rings. The first kappa shape index (κ1) is 9.36. The maximum Gasteiger partial charge on any atom is 0.278 e. The van der Waals surface area contributed by atoms with Gasteiger partial charge in [-0.05, 0) is 0 Å². The number of H-pyrrole nitrogens is 2. The van der Waals surface area contributed by atoms with Gasteiger partial charge in [-0.1, -0.05) is 0 Å². The molecule has 0 aromatic carbocycles. The van der Waals surface area contributed by atoms with Crippen molar-refractivity contribution in [3.8, 4) is 0 Å². The van der Waals surface area contributed by atoms with Crippen LogP contribution in [0.15, 0.2) is 4.79 Å². The number of imidazole rings is 1. The molecule has 9 heteroatoms. The van der Waals surface area contributed by atoms with Crippen molar-refractivity contribution < 1.29 is 0 Å². The van der Waals surface area contributed by atoms with Crippen molar-refractivity contribution in [2.24, 2.45) is 0 Å². The Labute approximate surface area is 88.6 Å². The normalized spacial score (nSPS) is 11.4. The van der Waals surface area contributed by atoms with E-state index in [-0.39, 0.29) is 5.56 Å². The van der Waals surface area contributed by atoms with Gasteiger partial charge in [0.2, 0.25) is 0 Å². The average Bonchev–Trinajstić information content (AvgIpc) is 2.45. The van der Waals surface area contributed by atoms with Crippen molar-refractivity contribution >= 4 is 53.6 Å². The molecule has 0 fully saturated rings. The molecule has 0 amide bonds. The highest BCUT2D eigenvalue weighted by Gasteiger charge is 2.07. The highest BCUT2D eigenvalue weighted by Crippen LogP contribution is 2.02. The Morgan fingerprint density at radius 3 is 2.57 bits per heavy atom. The van der Waals surface area contributed by atoms with Crippen molar-refractivity contribution in [1.29, 1.82) is 0 Å². The molecule has 0 spiro atoms. The Balaban J connectivity index is 2.78. The first-order chi connectivity index (χ1) is 6.58. The van der Waals surface area contributed by atoms with Crippen LogP contribution in [0.2, 0.25) is 0 Å². The molecular weight excluding hydrogens is 230 g/mol. The van der Waals surface area contributed by atoms with Crippen LogP contribution in [-0.4, -0.2) is 51.0 Å². The predicted octanol–water partition coefficient (Wildman–Crippen LogP) is -5.00. The van der Waals surface area contributed by atoms with E-state index in [1.54, 1.807) is 0 Å². The minimum Gasteiger partial charge on any atom is -0.411 e. The van der Waals surface area contributed by atoms with Crippen LogP contribution in [-0.2, 0) is 0 Å². The summed E-state index contributed by atoms with van der Waals surface area (Å²) in [5.74, 6) is 0.647. The van der Waals surface area contributed by atoms with Crippen LogP contribution in [0, 0.1) is 0 Å². The fourth-order valence-electron chi connectivity index (χ4n) is 1.22. The van der Waals surface area contributed by atoms with Gasteiger partial charge in [0, 0.05) is 0 Å². The first-order valence-corrected chi connectivity index (χ1v) is 7.01. The maximum atomic E-state index is 11.6. The number of hydrogen-bond donors (Lipinski definition) is 2. The van der Waals surface area contributed by atoms with Gasteiger partial charge in [0.15, 0.2) is 17.1 Å². The monoisotopic (exact) mass is 241 g/mol. The second-order valence-corrected chi connectivity index (χ2v) is 8.72. The molecule has 0 bridgehead atoms. The van der Waals surface area contributed by atoms with E-state index in [2.05, 4.69) is 19.9 Å². The quantitative estimate of drug-likeness (QED) is 0.490. The fourth-order valence-corrected chi connectivity index (χ4v) is 2.11. The van der Waals surface area contributed by atoms with E-state index >= 15 is 0 Å². The Kier molecular flexibility index (Phi) is 2.13. The van der Waals surface area contributed by atoms with Gasteiger partial charge in [0.25, 0.3) is 5.56 Å². The van der Waals surface area contributed by atoms with Crippen LogP contribution in [0.1, 0.15) is 0 Å². The van der Waals surface area contributed by atoms with Crippen LogP contribution in [0.4, 0.5) is 5.95 Å². The van der Waals surface area contributed by atoms with Crippen molar-refractivity contribution in [1.82, 2.24) is 19.9 Å². The lowest BCUT2D eigenvalue weighted by atomic mass is 10.5. The molecule has 2 heterocycles. The van der Waals surface area contributed by atoms with E-state index in [0.29, 0.717) is 17.1 Å². The summed E-state index contributed by atoms with van der Waals surface area (Å²) in [5.41, 5.74) is 1.74. The second kappa shape index (κ2) is 3.18. The van der Waals surface area contributed by atoms with E-state index in [1.165, 1.54) is 0 Å². The van der Waals surface area contributed by atoms with Gasteiger partial charge >= 0.3 is 0 Å². The molecular formula is C5H11N5OSi3. The molecule has 2 rings (SSSR count). The molecule has 0 aliphatic carbocycles. The standard InChI is InChI=1S/C5H11N5OSi3/c11-3-1-2(8-5(12)6-1)7-4(9-3)10(13)14/h12-14H3,(H2,6,7,8,9,11). The van der Waals surface area contributed by atoms with E-state index < -0.39 is 0 Å². The zero-order chi connectivity index (χ0) is 10.3. The third-order valence-corrected chi connectivity index (χ3v) is 3.21. The summed E-state index contributed by atoms with van der Waals surface area (Å²) < 4.78 is 2.02. The smallest absolute Gasteiger partial charge is 0.278 e. The highest BCUT2D eigenvalue weighted by atomic mass is 28.2. The lowest BCUT2D eigenvalue weighted by Gasteiger charge is -2.10. The lowest BCUT2D eigenvalue weighted by molar-refractivity contribution is 1.14. The van der Waals surface area contributed by atoms with Gasteiger partial charge in [0.1, 0.15) is 20.8 Å². The van der Waals surface area contributed by atoms with E-state index in [0.717, 1.165) is 36.5 Å². The molecule has 0 saturated carbocycles. The highest BCUT2D eigenvalue weighted by molar-refractivity contribution is 6.41. The van der Waals surface area contributed by atoms with Gasteiger partial charge in [-0.25, -0.2) is 4.98 Å². The minimum atomic E-state index is -0.128. The zero-order valence-electron chi connectivity index (χ0n) is 8.25. The Hall–Kier alpha value is -1.20. The van der Waals surface area contributed by atoms with E-state index in [1.807, 2.05) is 4.23 Å². The Bertz CT molecular complexity index is 532. The molecule has 0 radical (unpaired) electrons. The third-order valence-electron chi connectivity index (χ3n) is 1.89. The van der Waals surface area contributed by atoms with Crippen LogP contribution in [0.5, 0.6) is 0 Å². The average molecular weight is 241 g/mol. The number of nitrogens with zero attached hydrogens (tertiary/aromatic N) is 3. The van der Waals surface area contributed by atoms with Gasteiger partial charge in [0.05, 0.1) is 15.7 Å². The molecule has 0 aliphatic heterocycles. The number of aromatic nitrogens is 4. The van der Waals surface area contributed by atoms with Crippen molar-refractivity contribution in [2.75, 3.05) is 4.23 Å². The number of fused-ring (bicyclic) bond motifs is 1. The number of nitrogens with one attached hydrogen (secondary N) is 2. The summed E-state index contributed by atoms with van der Waals surface area (Å²) in [5, 5.41) is 0. The maximum absolute atomic E-state index is 11.6. The molecule has 2 aromatic heterocycles. The molecule has 0 aliphatic rings. The predicted molar refractivity (Wildman–Crippen MR) is 66.4 cm³/mol. The molecule has 0 unspecified atom stereocenters. The molecule has 6 nitrogen and oxygen atoms in total. The molecule has 74 valence electrons. The fraction of sp³-hybridized carbons (Fsp3) is 0. The Morgan fingerprint density at radius 2 is 1.93 bits per heavy atom. The van der Waals surface area contributed by atoms with Crippen LogP contribution < -0.4 is 15.2 Å². The molecule has 2 N–H and O–H groups in total. The zero-order valence-corrected chi connectivity index (χ0v) is 14.2. The van der Waals surface area contributed by atoms with E-state index in [9.17, 15) is 4.79 Å². The number of anilines is 1. The van der Waals surface area contributed by atoms with Crippen LogP contribution in [0.3, 0.4) is 0 Å². The summed E-state index contributed by atoms with van der Waals surface area (Å²) in [6, 6.07) is 0. The number of hydrogen-bond acceptors (Lipinski definition) is 4. The summed E-state index contributed by atoms with van der Waals surface area (Å²) in [4.78, 5) is 25.7. The summed E-state index contributed by atoms with van der Waals surface area (Å²) >= 11 is 0. The third kappa shape index (κ3) is 1.44.